The van der Waals surface area contributed by atoms with Gasteiger partial charge >= 0.3 is 0 Å². The van der Waals surface area contributed by atoms with Crippen LogP contribution in [0.4, 0.5) is 0 Å². The van der Waals surface area contributed by atoms with E-state index in [0.717, 1.165) is 0 Å². The summed E-state index contributed by atoms with van der Waals surface area (Å²) in [5.74, 6) is -1.08. The zero-order valence-electron chi connectivity index (χ0n) is 11.4. The summed E-state index contributed by atoms with van der Waals surface area (Å²) in [6.45, 7) is 3.79. The van der Waals surface area contributed by atoms with Crippen molar-refractivity contribution in [3.8, 4) is 11.5 Å². The predicted octanol–water partition coefficient (Wildman–Crippen LogP) is 1.08. The Morgan fingerprint density at radius 3 is 2.35 bits per heavy atom. The molecule has 1 aromatic rings. The minimum absolute atomic E-state index is 0.00459. The number of carbonyl (C=O) groups is 1. The van der Waals surface area contributed by atoms with Crippen LogP contribution in [0.25, 0.3) is 0 Å². The van der Waals surface area contributed by atoms with Crippen molar-refractivity contribution in [2.45, 2.75) is 26.3 Å². The van der Waals surface area contributed by atoms with E-state index >= 15 is 0 Å². The number of oxime groups is 1. The molecule has 0 atom stereocenters. The van der Waals surface area contributed by atoms with Crippen LogP contribution in [0.5, 0.6) is 11.5 Å². The summed E-state index contributed by atoms with van der Waals surface area (Å²) >= 11 is 0. The Hall–Kier alpha value is -2.44. The average Bonchev–Trinajstić information content (AvgIpc) is 2.38. The van der Waals surface area contributed by atoms with Gasteiger partial charge in [0, 0.05) is 19.0 Å². The number of aromatic hydroxyl groups is 2. The molecule has 0 fully saturated rings. The summed E-state index contributed by atoms with van der Waals surface area (Å²) in [5.41, 5.74) is 5.23. The third kappa shape index (κ3) is 3.53. The van der Waals surface area contributed by atoms with Gasteiger partial charge in [-0.15, -0.1) is 0 Å². The number of hydrogen-bond acceptors (Lipinski definition) is 5. The number of rotatable bonds is 5. The molecule has 0 spiro atoms. The second kappa shape index (κ2) is 6.65. The minimum atomic E-state index is -0.513. The molecule has 0 radical (unpaired) electrons. The summed E-state index contributed by atoms with van der Waals surface area (Å²) in [7, 11) is 0. The van der Waals surface area contributed by atoms with Crippen molar-refractivity contribution in [3.63, 3.8) is 0 Å². The summed E-state index contributed by atoms with van der Waals surface area (Å²) < 4.78 is 0. The number of carbonyl (C=O) groups excluding carboxylic acids is 1. The lowest BCUT2D eigenvalue weighted by molar-refractivity contribution is 0.0704. The standard InChI is InChI=1S/C13H19N3O4/c1-8(2)16(7-6-11(14)15-20)13(19)12-9(17)4-3-5-10(12)18/h3-5,8,17-18,20H,6-7H2,1-2H3,(H2,14,15). The third-order valence-electron chi connectivity index (χ3n) is 2.86. The largest absolute Gasteiger partial charge is 0.507 e. The van der Waals surface area contributed by atoms with Gasteiger partial charge in [-0.2, -0.15) is 0 Å². The first-order chi connectivity index (χ1) is 9.38. The lowest BCUT2D eigenvalue weighted by atomic mass is 10.1. The van der Waals surface area contributed by atoms with E-state index in [4.69, 9.17) is 10.9 Å². The summed E-state index contributed by atoms with van der Waals surface area (Å²) in [6, 6.07) is 3.93. The fraction of sp³-hybridized carbons (Fsp3) is 0.385. The van der Waals surface area contributed by atoms with Crippen molar-refractivity contribution in [1.82, 2.24) is 4.90 Å². The number of phenols is 2. The Morgan fingerprint density at radius 1 is 1.35 bits per heavy atom. The third-order valence-corrected chi connectivity index (χ3v) is 2.86. The Balaban J connectivity index is 3.00. The second-order valence-electron chi connectivity index (χ2n) is 4.60. The van der Waals surface area contributed by atoms with Crippen LogP contribution in [0.15, 0.2) is 23.4 Å². The summed E-state index contributed by atoms with van der Waals surface area (Å²) in [6.07, 6.45) is 0.189. The molecule has 0 aliphatic rings. The maximum absolute atomic E-state index is 12.4. The van der Waals surface area contributed by atoms with Crippen molar-refractivity contribution in [2.75, 3.05) is 6.54 Å². The maximum Gasteiger partial charge on any atom is 0.261 e. The van der Waals surface area contributed by atoms with Gasteiger partial charge in [-0.3, -0.25) is 4.79 Å². The molecule has 0 aliphatic carbocycles. The molecule has 0 heterocycles. The van der Waals surface area contributed by atoms with E-state index in [1.807, 2.05) is 0 Å². The van der Waals surface area contributed by atoms with E-state index in [0.29, 0.717) is 0 Å². The highest BCUT2D eigenvalue weighted by Gasteiger charge is 2.24. The van der Waals surface area contributed by atoms with Crippen LogP contribution in [0.1, 0.15) is 30.6 Å². The average molecular weight is 281 g/mol. The lowest BCUT2D eigenvalue weighted by Crippen LogP contribution is -2.39. The van der Waals surface area contributed by atoms with E-state index in [1.54, 1.807) is 13.8 Å². The first-order valence-corrected chi connectivity index (χ1v) is 6.16. The van der Waals surface area contributed by atoms with Gasteiger partial charge in [-0.05, 0) is 26.0 Å². The Bertz CT molecular complexity index is 494. The minimum Gasteiger partial charge on any atom is -0.507 e. The molecule has 7 nitrogen and oxygen atoms in total. The Kier molecular flexibility index (Phi) is 5.19. The van der Waals surface area contributed by atoms with Crippen LogP contribution in [-0.4, -0.2) is 44.6 Å². The normalized spacial score (nSPS) is 11.7. The van der Waals surface area contributed by atoms with Crippen molar-refractivity contribution in [1.29, 1.82) is 0 Å². The second-order valence-corrected chi connectivity index (χ2v) is 4.60. The van der Waals surface area contributed by atoms with E-state index in [1.165, 1.54) is 23.1 Å². The van der Waals surface area contributed by atoms with Crippen LogP contribution >= 0.6 is 0 Å². The fourth-order valence-corrected chi connectivity index (χ4v) is 1.77. The van der Waals surface area contributed by atoms with Crippen molar-refractivity contribution in [3.05, 3.63) is 23.8 Å². The molecule has 0 saturated carbocycles. The monoisotopic (exact) mass is 281 g/mol. The number of amidine groups is 1. The van der Waals surface area contributed by atoms with Gasteiger partial charge in [0.15, 0.2) is 0 Å². The SMILES string of the molecule is CC(C)N(CC/C(N)=N/O)C(=O)c1c(O)cccc1O. The molecule has 5 N–H and O–H groups in total. The number of nitrogens with two attached hydrogens (primary N) is 1. The van der Waals surface area contributed by atoms with Crippen molar-refractivity contribution >= 4 is 11.7 Å². The topological polar surface area (TPSA) is 119 Å². The Morgan fingerprint density at radius 2 is 1.90 bits per heavy atom. The summed E-state index contributed by atoms with van der Waals surface area (Å²) in [4.78, 5) is 13.8. The smallest absolute Gasteiger partial charge is 0.261 e. The van der Waals surface area contributed by atoms with Gasteiger partial charge in [0.1, 0.15) is 22.9 Å². The van der Waals surface area contributed by atoms with Crippen LogP contribution < -0.4 is 5.73 Å². The maximum atomic E-state index is 12.4. The molecular formula is C13H19N3O4. The van der Waals surface area contributed by atoms with E-state index in [2.05, 4.69) is 5.16 Å². The lowest BCUT2D eigenvalue weighted by Gasteiger charge is -2.27. The molecular weight excluding hydrogens is 262 g/mol. The molecule has 0 saturated heterocycles. The predicted molar refractivity (Wildman–Crippen MR) is 74.0 cm³/mol. The molecule has 110 valence electrons. The van der Waals surface area contributed by atoms with Crippen LogP contribution in [0, 0.1) is 0 Å². The fourth-order valence-electron chi connectivity index (χ4n) is 1.77. The van der Waals surface area contributed by atoms with Crippen LogP contribution in [0.3, 0.4) is 0 Å². The highest BCUT2D eigenvalue weighted by molar-refractivity contribution is 5.99. The molecule has 1 rings (SSSR count). The van der Waals surface area contributed by atoms with Crippen LogP contribution in [0.2, 0.25) is 0 Å². The molecule has 0 bridgehead atoms. The molecule has 0 aliphatic heterocycles. The highest BCUT2D eigenvalue weighted by Crippen LogP contribution is 2.28. The van der Waals surface area contributed by atoms with E-state index in [-0.39, 0.29) is 41.9 Å². The number of phenolic OH excluding ortho intramolecular Hbond substituents is 2. The zero-order valence-corrected chi connectivity index (χ0v) is 11.4. The summed E-state index contributed by atoms with van der Waals surface area (Å²) in [5, 5.41) is 30.8. The molecule has 7 heteroatoms. The van der Waals surface area contributed by atoms with Crippen LogP contribution in [-0.2, 0) is 0 Å². The van der Waals surface area contributed by atoms with Gasteiger partial charge in [0.25, 0.3) is 5.91 Å². The van der Waals surface area contributed by atoms with Crippen molar-refractivity contribution in [2.24, 2.45) is 10.9 Å². The molecule has 0 unspecified atom stereocenters. The van der Waals surface area contributed by atoms with Gasteiger partial charge in [-0.25, -0.2) is 0 Å². The van der Waals surface area contributed by atoms with Gasteiger partial charge < -0.3 is 26.1 Å². The Labute approximate surface area is 116 Å². The van der Waals surface area contributed by atoms with Crippen molar-refractivity contribution < 1.29 is 20.2 Å². The number of nitrogens with zero attached hydrogens (tertiary/aromatic N) is 2. The number of amides is 1. The van der Waals surface area contributed by atoms with Gasteiger partial charge in [-0.1, -0.05) is 11.2 Å². The first kappa shape index (κ1) is 15.6. The molecule has 1 aromatic carbocycles. The van der Waals surface area contributed by atoms with E-state index in [9.17, 15) is 15.0 Å². The van der Waals surface area contributed by atoms with E-state index < -0.39 is 5.91 Å². The highest BCUT2D eigenvalue weighted by atomic mass is 16.4. The van der Waals surface area contributed by atoms with Gasteiger partial charge in [0.2, 0.25) is 0 Å². The first-order valence-electron chi connectivity index (χ1n) is 6.16. The number of hydrogen-bond donors (Lipinski definition) is 4. The zero-order chi connectivity index (χ0) is 15.3. The molecule has 1 amide bonds. The van der Waals surface area contributed by atoms with Gasteiger partial charge in [0.05, 0.1) is 0 Å². The number of benzene rings is 1. The molecule has 20 heavy (non-hydrogen) atoms. The molecule has 0 aromatic heterocycles. The quantitative estimate of drug-likeness (QED) is 0.279.